The summed E-state index contributed by atoms with van der Waals surface area (Å²) in [6, 6.07) is 8.88. The first-order valence-corrected chi connectivity index (χ1v) is 8.27. The van der Waals surface area contributed by atoms with Crippen LogP contribution in [0.25, 0.3) is 0 Å². The van der Waals surface area contributed by atoms with Gasteiger partial charge < -0.3 is 10.6 Å². The zero-order valence-electron chi connectivity index (χ0n) is 12.7. The number of hydrogen-bond donors (Lipinski definition) is 1. The number of piperidine rings is 1. The molecule has 1 saturated carbocycles. The third-order valence-electron chi connectivity index (χ3n) is 5.34. The van der Waals surface area contributed by atoms with E-state index in [2.05, 4.69) is 36.1 Å². The number of likely N-dealkylation sites (tertiary alicyclic amines) is 1. The Morgan fingerprint density at radius 3 is 2.55 bits per heavy atom. The molecular weight excluding hydrogens is 244 g/mol. The van der Waals surface area contributed by atoms with E-state index < -0.39 is 0 Å². The highest BCUT2D eigenvalue weighted by Gasteiger charge is 2.31. The van der Waals surface area contributed by atoms with Crippen molar-refractivity contribution >= 4 is 0 Å². The molecule has 20 heavy (non-hydrogen) atoms. The van der Waals surface area contributed by atoms with Crippen LogP contribution in [0.15, 0.2) is 24.3 Å². The van der Waals surface area contributed by atoms with E-state index in [1.165, 1.54) is 56.3 Å². The van der Waals surface area contributed by atoms with Crippen molar-refractivity contribution in [3.63, 3.8) is 0 Å². The first kappa shape index (κ1) is 14.1. The van der Waals surface area contributed by atoms with Crippen LogP contribution in [-0.4, -0.2) is 24.5 Å². The second-order valence-corrected chi connectivity index (χ2v) is 6.87. The molecule has 2 aliphatic rings. The smallest absolute Gasteiger partial charge is 0.0424 e. The lowest BCUT2D eigenvalue weighted by Gasteiger charge is -2.42. The molecule has 1 heterocycles. The zero-order valence-corrected chi connectivity index (χ0v) is 12.7. The van der Waals surface area contributed by atoms with Gasteiger partial charge in [0.1, 0.15) is 0 Å². The van der Waals surface area contributed by atoms with Crippen molar-refractivity contribution in [2.75, 3.05) is 19.6 Å². The van der Waals surface area contributed by atoms with Gasteiger partial charge in [0.05, 0.1) is 0 Å². The number of aryl methyl sites for hydroxylation is 1. The highest BCUT2D eigenvalue weighted by Crippen LogP contribution is 2.36. The van der Waals surface area contributed by atoms with E-state index in [0.717, 1.165) is 18.4 Å². The van der Waals surface area contributed by atoms with Crippen LogP contribution in [0, 0.1) is 18.8 Å². The van der Waals surface area contributed by atoms with Gasteiger partial charge in [0.25, 0.3) is 0 Å². The van der Waals surface area contributed by atoms with E-state index in [1.807, 2.05) is 0 Å². The average Bonchev–Trinajstić information content (AvgIpc) is 2.48. The van der Waals surface area contributed by atoms with Crippen molar-refractivity contribution in [2.24, 2.45) is 17.6 Å². The van der Waals surface area contributed by atoms with Gasteiger partial charge in [-0.2, -0.15) is 0 Å². The second-order valence-electron chi connectivity index (χ2n) is 6.87. The van der Waals surface area contributed by atoms with Gasteiger partial charge in [-0.05, 0) is 43.7 Å². The van der Waals surface area contributed by atoms with E-state index in [0.29, 0.717) is 0 Å². The molecular formula is C18H28N2. The molecule has 1 aliphatic carbocycles. The summed E-state index contributed by atoms with van der Waals surface area (Å²) in [6.07, 6.45) is 7.22. The summed E-state index contributed by atoms with van der Waals surface area (Å²) in [6.45, 7) is 5.68. The molecule has 1 aromatic carbocycles. The molecule has 0 spiro atoms. The van der Waals surface area contributed by atoms with Crippen molar-refractivity contribution in [1.29, 1.82) is 0 Å². The van der Waals surface area contributed by atoms with Gasteiger partial charge in [-0.3, -0.25) is 0 Å². The fourth-order valence-corrected chi connectivity index (χ4v) is 4.04. The van der Waals surface area contributed by atoms with Crippen LogP contribution in [0.1, 0.15) is 49.3 Å². The fourth-order valence-electron chi connectivity index (χ4n) is 4.04. The Kier molecular flexibility index (Phi) is 4.42. The topological polar surface area (TPSA) is 29.3 Å². The molecule has 3 atom stereocenters. The first-order chi connectivity index (χ1) is 9.72. The highest BCUT2D eigenvalue weighted by molar-refractivity contribution is 5.24. The van der Waals surface area contributed by atoms with Crippen molar-refractivity contribution in [2.45, 2.75) is 45.1 Å². The molecule has 0 radical (unpaired) electrons. The maximum Gasteiger partial charge on any atom is 0.0424 e. The second kappa shape index (κ2) is 6.28. The number of nitrogens with two attached hydrogens (primary N) is 1. The summed E-state index contributed by atoms with van der Waals surface area (Å²) in [5.41, 5.74) is 8.99. The molecule has 2 heteroatoms. The minimum atomic E-state index is 0.163. The van der Waals surface area contributed by atoms with E-state index in [4.69, 9.17) is 5.73 Å². The SMILES string of the molecule is Cc1ccc(C(N)CN2CCC3CCCCC3C2)cc1. The molecule has 2 fully saturated rings. The predicted octanol–water partition coefficient (Wildman–Crippen LogP) is 3.51. The summed E-state index contributed by atoms with van der Waals surface area (Å²) in [5, 5.41) is 0. The van der Waals surface area contributed by atoms with E-state index >= 15 is 0 Å². The number of fused-ring (bicyclic) bond motifs is 1. The third-order valence-corrected chi connectivity index (χ3v) is 5.34. The number of hydrogen-bond acceptors (Lipinski definition) is 2. The maximum atomic E-state index is 6.40. The molecule has 2 N–H and O–H groups in total. The zero-order chi connectivity index (χ0) is 13.9. The van der Waals surface area contributed by atoms with Gasteiger partial charge >= 0.3 is 0 Å². The van der Waals surface area contributed by atoms with Crippen molar-refractivity contribution < 1.29 is 0 Å². The van der Waals surface area contributed by atoms with Crippen LogP contribution in [0.3, 0.4) is 0 Å². The molecule has 110 valence electrons. The van der Waals surface area contributed by atoms with E-state index in [-0.39, 0.29) is 6.04 Å². The number of nitrogens with zero attached hydrogens (tertiary/aromatic N) is 1. The minimum absolute atomic E-state index is 0.163. The van der Waals surface area contributed by atoms with Crippen LogP contribution in [0.4, 0.5) is 0 Å². The van der Waals surface area contributed by atoms with Crippen LogP contribution in [-0.2, 0) is 0 Å². The Morgan fingerprint density at radius 2 is 1.80 bits per heavy atom. The fraction of sp³-hybridized carbons (Fsp3) is 0.667. The quantitative estimate of drug-likeness (QED) is 0.912. The number of benzene rings is 1. The van der Waals surface area contributed by atoms with Gasteiger partial charge in [0.15, 0.2) is 0 Å². The molecule has 1 saturated heterocycles. The monoisotopic (exact) mass is 272 g/mol. The summed E-state index contributed by atoms with van der Waals surface area (Å²) in [7, 11) is 0. The van der Waals surface area contributed by atoms with Crippen molar-refractivity contribution in [3.05, 3.63) is 35.4 Å². The van der Waals surface area contributed by atoms with Gasteiger partial charge in [0, 0.05) is 19.1 Å². The molecule has 0 aromatic heterocycles. The summed E-state index contributed by atoms with van der Waals surface area (Å²) >= 11 is 0. The van der Waals surface area contributed by atoms with E-state index in [1.54, 1.807) is 0 Å². The van der Waals surface area contributed by atoms with E-state index in [9.17, 15) is 0 Å². The lowest BCUT2D eigenvalue weighted by Crippen LogP contribution is -2.44. The van der Waals surface area contributed by atoms with Crippen LogP contribution in [0.5, 0.6) is 0 Å². The molecule has 1 aromatic rings. The van der Waals surface area contributed by atoms with Crippen molar-refractivity contribution in [3.8, 4) is 0 Å². The lowest BCUT2D eigenvalue weighted by molar-refractivity contribution is 0.0828. The first-order valence-electron chi connectivity index (χ1n) is 8.27. The minimum Gasteiger partial charge on any atom is -0.323 e. The summed E-state index contributed by atoms with van der Waals surface area (Å²) in [4.78, 5) is 2.61. The summed E-state index contributed by atoms with van der Waals surface area (Å²) in [5.74, 6) is 1.96. The maximum absolute atomic E-state index is 6.40. The number of rotatable bonds is 3. The Morgan fingerprint density at radius 1 is 1.10 bits per heavy atom. The lowest BCUT2D eigenvalue weighted by atomic mass is 9.75. The Balaban J connectivity index is 1.56. The molecule has 0 bridgehead atoms. The molecule has 3 rings (SSSR count). The van der Waals surface area contributed by atoms with Gasteiger partial charge in [-0.25, -0.2) is 0 Å². The van der Waals surface area contributed by atoms with Crippen molar-refractivity contribution in [1.82, 2.24) is 4.90 Å². The normalized spacial score (nSPS) is 28.9. The molecule has 1 aliphatic heterocycles. The van der Waals surface area contributed by atoms with Gasteiger partial charge in [-0.1, -0.05) is 49.1 Å². The average molecular weight is 272 g/mol. The molecule has 2 nitrogen and oxygen atoms in total. The van der Waals surface area contributed by atoms with Gasteiger partial charge in [-0.15, -0.1) is 0 Å². The van der Waals surface area contributed by atoms with Crippen LogP contribution in [0.2, 0.25) is 0 Å². The highest BCUT2D eigenvalue weighted by atomic mass is 15.1. The third kappa shape index (κ3) is 3.24. The predicted molar refractivity (Wildman–Crippen MR) is 84.6 cm³/mol. The standard InChI is InChI=1S/C18H28N2/c1-14-6-8-16(9-7-14)18(19)13-20-11-10-15-4-2-3-5-17(15)12-20/h6-9,15,17-18H,2-5,10-13,19H2,1H3. The Hall–Kier alpha value is -0.860. The van der Waals surface area contributed by atoms with Crippen LogP contribution < -0.4 is 5.73 Å². The molecule has 3 unspecified atom stereocenters. The Labute approximate surface area is 123 Å². The summed E-state index contributed by atoms with van der Waals surface area (Å²) < 4.78 is 0. The molecule has 0 amide bonds. The van der Waals surface area contributed by atoms with Crippen LogP contribution >= 0.6 is 0 Å². The van der Waals surface area contributed by atoms with Gasteiger partial charge in [0.2, 0.25) is 0 Å². The largest absolute Gasteiger partial charge is 0.323 e. The Bertz CT molecular complexity index is 426.